The molecule has 5 atom stereocenters. The van der Waals surface area contributed by atoms with Gasteiger partial charge < -0.3 is 28.4 Å². The van der Waals surface area contributed by atoms with Crippen LogP contribution in [0.15, 0.2) is 121 Å². The van der Waals surface area contributed by atoms with Crippen LogP contribution in [-0.4, -0.2) is 43.9 Å². The molecule has 256 valence electrons. The molecule has 6 nitrogen and oxygen atoms in total. The van der Waals surface area contributed by atoms with E-state index in [2.05, 4.69) is 55.5 Å². The molecular formula is C42H52O6. The molecule has 6 heteroatoms. The van der Waals surface area contributed by atoms with Crippen LogP contribution in [0.25, 0.3) is 0 Å². The number of unbranched alkanes of at least 4 members (excludes halogenated alkanes) is 5. The van der Waals surface area contributed by atoms with Crippen molar-refractivity contribution in [1.82, 2.24) is 0 Å². The van der Waals surface area contributed by atoms with Crippen molar-refractivity contribution in [3.63, 3.8) is 0 Å². The second-order valence-electron chi connectivity index (χ2n) is 12.5. The van der Waals surface area contributed by atoms with Gasteiger partial charge in [0.25, 0.3) is 0 Å². The Bertz CT molecular complexity index is 1370. The normalized spacial score (nSPS) is 19.8. The minimum atomic E-state index is -0.605. The quantitative estimate of drug-likeness (QED) is 0.0790. The molecule has 0 aromatic heterocycles. The molecule has 0 amide bonds. The minimum absolute atomic E-state index is 0.327. The van der Waals surface area contributed by atoms with E-state index in [0.29, 0.717) is 39.6 Å². The Morgan fingerprint density at radius 2 is 1.00 bits per heavy atom. The first-order valence-corrected chi connectivity index (χ1v) is 17.7. The highest BCUT2D eigenvalue weighted by Crippen LogP contribution is 2.33. The third kappa shape index (κ3) is 12.0. The summed E-state index contributed by atoms with van der Waals surface area (Å²) < 4.78 is 39.6. The fourth-order valence-corrected chi connectivity index (χ4v) is 5.95. The van der Waals surface area contributed by atoms with E-state index in [1.807, 2.05) is 72.8 Å². The zero-order chi connectivity index (χ0) is 33.1. The standard InChI is InChI=1S/C42H52O6/c1-2-3-4-5-6-19-28-44-42-41(47-32-37-26-17-10-18-27-37)40(46-31-36-24-15-9-16-25-36)39(48-42)38(45-30-35-22-13-8-14-23-35)33-43-29-34-20-11-7-12-21-34/h7-18,20-27,38-42H,2-6,19,28-33H2,1H3/t38-,39+,40+,41-,42-/m1/s1. The zero-order valence-electron chi connectivity index (χ0n) is 28.4. The Kier molecular flexibility index (Phi) is 15.6. The van der Waals surface area contributed by atoms with Gasteiger partial charge in [0.2, 0.25) is 0 Å². The first kappa shape index (κ1) is 35.9. The average Bonchev–Trinajstić information content (AvgIpc) is 3.49. The summed E-state index contributed by atoms with van der Waals surface area (Å²) in [6.45, 7) is 4.89. The van der Waals surface area contributed by atoms with Gasteiger partial charge >= 0.3 is 0 Å². The Morgan fingerprint density at radius 1 is 0.521 bits per heavy atom. The van der Waals surface area contributed by atoms with Gasteiger partial charge in [0.15, 0.2) is 6.29 Å². The Balaban J connectivity index is 1.36. The number of hydrogen-bond acceptors (Lipinski definition) is 6. The van der Waals surface area contributed by atoms with E-state index in [4.69, 9.17) is 28.4 Å². The number of ether oxygens (including phenoxy) is 6. The van der Waals surface area contributed by atoms with Crippen molar-refractivity contribution in [2.24, 2.45) is 0 Å². The van der Waals surface area contributed by atoms with Crippen LogP contribution in [0, 0.1) is 0 Å². The lowest BCUT2D eigenvalue weighted by atomic mass is 10.0. The Hall–Kier alpha value is -3.36. The summed E-state index contributed by atoms with van der Waals surface area (Å²) in [5.74, 6) is 0. The van der Waals surface area contributed by atoms with E-state index in [0.717, 1.165) is 35.1 Å². The fraction of sp³-hybridized carbons (Fsp3) is 0.429. The van der Waals surface area contributed by atoms with Crippen LogP contribution < -0.4 is 0 Å². The number of benzene rings is 4. The summed E-state index contributed by atoms with van der Waals surface area (Å²) in [6, 6.07) is 40.8. The van der Waals surface area contributed by atoms with Gasteiger partial charge in [-0.2, -0.15) is 0 Å². The van der Waals surface area contributed by atoms with Crippen LogP contribution in [0.1, 0.15) is 67.7 Å². The van der Waals surface area contributed by atoms with E-state index in [1.165, 1.54) is 25.7 Å². The van der Waals surface area contributed by atoms with Crippen LogP contribution in [0.5, 0.6) is 0 Å². The van der Waals surface area contributed by atoms with Crippen molar-refractivity contribution in [1.29, 1.82) is 0 Å². The summed E-state index contributed by atoms with van der Waals surface area (Å²) in [4.78, 5) is 0. The van der Waals surface area contributed by atoms with Crippen molar-refractivity contribution in [2.75, 3.05) is 13.2 Å². The largest absolute Gasteiger partial charge is 0.374 e. The highest BCUT2D eigenvalue weighted by Gasteiger charge is 2.50. The lowest BCUT2D eigenvalue weighted by Crippen LogP contribution is -2.45. The molecule has 1 aliphatic heterocycles. The Morgan fingerprint density at radius 3 is 1.56 bits per heavy atom. The molecular weight excluding hydrogens is 600 g/mol. The third-order valence-corrected chi connectivity index (χ3v) is 8.62. The molecule has 0 N–H and O–H groups in total. The van der Waals surface area contributed by atoms with Gasteiger partial charge in [-0.25, -0.2) is 0 Å². The van der Waals surface area contributed by atoms with Crippen molar-refractivity contribution in [3.8, 4) is 0 Å². The maximum absolute atomic E-state index is 6.78. The van der Waals surface area contributed by atoms with Gasteiger partial charge in [-0.15, -0.1) is 0 Å². The second-order valence-corrected chi connectivity index (χ2v) is 12.5. The molecule has 48 heavy (non-hydrogen) atoms. The minimum Gasteiger partial charge on any atom is -0.374 e. The topological polar surface area (TPSA) is 55.4 Å². The SMILES string of the molecule is CCCCCCCCO[C@@H]1O[C@@H]([C@@H](COCc2ccccc2)OCc2ccccc2)[C@H](OCc2ccccc2)[C@H]1OCc1ccccc1. The molecule has 1 saturated heterocycles. The van der Waals surface area contributed by atoms with Gasteiger partial charge in [0.05, 0.1) is 33.0 Å². The predicted octanol–water partition coefficient (Wildman–Crippen LogP) is 9.06. The molecule has 1 aliphatic rings. The lowest BCUT2D eigenvalue weighted by molar-refractivity contribution is -0.198. The van der Waals surface area contributed by atoms with Crippen LogP contribution >= 0.6 is 0 Å². The summed E-state index contributed by atoms with van der Waals surface area (Å²) in [6.07, 6.45) is 4.67. The monoisotopic (exact) mass is 652 g/mol. The second kappa shape index (κ2) is 20.9. The molecule has 1 heterocycles. The molecule has 0 unspecified atom stereocenters. The van der Waals surface area contributed by atoms with E-state index < -0.39 is 30.7 Å². The average molecular weight is 653 g/mol. The predicted molar refractivity (Wildman–Crippen MR) is 189 cm³/mol. The lowest BCUT2D eigenvalue weighted by Gasteiger charge is -2.29. The molecule has 4 aromatic rings. The van der Waals surface area contributed by atoms with Crippen LogP contribution in [0.4, 0.5) is 0 Å². The fourth-order valence-electron chi connectivity index (χ4n) is 5.95. The van der Waals surface area contributed by atoms with Crippen molar-refractivity contribution >= 4 is 0 Å². The summed E-state index contributed by atoms with van der Waals surface area (Å²) >= 11 is 0. The van der Waals surface area contributed by atoms with E-state index in [9.17, 15) is 0 Å². The summed E-state index contributed by atoms with van der Waals surface area (Å²) in [5.41, 5.74) is 4.35. The van der Waals surface area contributed by atoms with Gasteiger partial charge in [-0.3, -0.25) is 0 Å². The number of rotatable bonds is 22. The molecule has 0 spiro atoms. The van der Waals surface area contributed by atoms with Crippen LogP contribution in [-0.2, 0) is 54.8 Å². The molecule has 0 saturated carbocycles. The summed E-state index contributed by atoms with van der Waals surface area (Å²) in [7, 11) is 0. The van der Waals surface area contributed by atoms with Crippen molar-refractivity contribution in [2.45, 2.75) is 103 Å². The highest BCUT2D eigenvalue weighted by molar-refractivity contribution is 5.16. The third-order valence-electron chi connectivity index (χ3n) is 8.62. The van der Waals surface area contributed by atoms with E-state index >= 15 is 0 Å². The first-order chi connectivity index (χ1) is 23.8. The van der Waals surface area contributed by atoms with Gasteiger partial charge in [0.1, 0.15) is 24.4 Å². The Labute approximate surface area is 287 Å². The molecule has 5 rings (SSSR count). The smallest absolute Gasteiger partial charge is 0.186 e. The van der Waals surface area contributed by atoms with Crippen molar-refractivity contribution < 1.29 is 28.4 Å². The maximum Gasteiger partial charge on any atom is 0.186 e. The summed E-state index contributed by atoms with van der Waals surface area (Å²) in [5, 5.41) is 0. The van der Waals surface area contributed by atoms with Gasteiger partial charge in [-0.1, -0.05) is 160 Å². The maximum atomic E-state index is 6.78. The number of hydrogen-bond donors (Lipinski definition) is 0. The molecule has 0 radical (unpaired) electrons. The van der Waals surface area contributed by atoms with E-state index in [1.54, 1.807) is 0 Å². The zero-order valence-corrected chi connectivity index (χ0v) is 28.4. The highest BCUT2D eigenvalue weighted by atomic mass is 16.7. The molecule has 0 bridgehead atoms. The van der Waals surface area contributed by atoms with Crippen LogP contribution in [0.2, 0.25) is 0 Å². The molecule has 0 aliphatic carbocycles. The van der Waals surface area contributed by atoms with Crippen molar-refractivity contribution in [3.05, 3.63) is 144 Å². The first-order valence-electron chi connectivity index (χ1n) is 17.7. The van der Waals surface area contributed by atoms with E-state index in [-0.39, 0.29) is 0 Å². The van der Waals surface area contributed by atoms with Crippen LogP contribution in [0.3, 0.4) is 0 Å². The van der Waals surface area contributed by atoms with Gasteiger partial charge in [-0.05, 0) is 28.7 Å². The molecule has 4 aromatic carbocycles. The molecule has 1 fully saturated rings. The van der Waals surface area contributed by atoms with Gasteiger partial charge in [0, 0.05) is 6.61 Å².